The van der Waals surface area contributed by atoms with Crippen LogP contribution < -0.4 is 15.2 Å². The molecule has 0 radical (unpaired) electrons. The maximum absolute atomic E-state index is 12.8. The monoisotopic (exact) mass is 401 g/mol. The largest absolute Gasteiger partial charge is 0.573 e. The van der Waals surface area contributed by atoms with Crippen molar-refractivity contribution in [3.63, 3.8) is 0 Å². The summed E-state index contributed by atoms with van der Waals surface area (Å²) in [6.07, 6.45) is -9.47. The zero-order chi connectivity index (χ0) is 18.7. The number of hydrogen-bond acceptors (Lipinski definition) is 3. The maximum Gasteiger partial charge on any atom is 0.573 e. The zero-order valence-electron chi connectivity index (χ0n) is 13.0. The molecule has 0 spiro atoms. The summed E-state index contributed by atoms with van der Waals surface area (Å²) >= 11 is 0. The first kappa shape index (κ1) is 21.9. The third kappa shape index (κ3) is 5.99. The van der Waals surface area contributed by atoms with Crippen LogP contribution in [-0.4, -0.2) is 19.5 Å². The predicted octanol–water partition coefficient (Wildman–Crippen LogP) is 5.03. The molecule has 3 nitrogen and oxygen atoms in total. The molecule has 2 aromatic carbocycles. The Balaban J connectivity index is 0.00000338. The lowest BCUT2D eigenvalue weighted by molar-refractivity contribution is -0.275. The molecule has 0 bridgehead atoms. The molecule has 0 atom stereocenters. The molecule has 0 heterocycles. The molecule has 0 fully saturated rings. The summed E-state index contributed by atoms with van der Waals surface area (Å²) in [5, 5.41) is 0. The molecule has 26 heavy (non-hydrogen) atoms. The summed E-state index contributed by atoms with van der Waals surface area (Å²) in [5.41, 5.74) is 4.80. The van der Waals surface area contributed by atoms with Gasteiger partial charge in [-0.3, -0.25) is 0 Å². The van der Waals surface area contributed by atoms with Gasteiger partial charge in [0.1, 0.15) is 6.61 Å². The molecular formula is C16H14ClF6NO2. The topological polar surface area (TPSA) is 44.5 Å². The second-order valence-electron chi connectivity index (χ2n) is 4.93. The van der Waals surface area contributed by atoms with E-state index in [-0.39, 0.29) is 42.4 Å². The molecule has 0 aliphatic heterocycles. The third-order valence-electron chi connectivity index (χ3n) is 3.07. The van der Waals surface area contributed by atoms with Gasteiger partial charge in [-0.2, -0.15) is 13.2 Å². The van der Waals surface area contributed by atoms with Crippen molar-refractivity contribution >= 4 is 12.4 Å². The predicted molar refractivity (Wildman–Crippen MR) is 85.4 cm³/mol. The van der Waals surface area contributed by atoms with Gasteiger partial charge in [-0.05, 0) is 35.4 Å². The van der Waals surface area contributed by atoms with Crippen LogP contribution in [0.4, 0.5) is 26.3 Å². The molecule has 0 aliphatic carbocycles. The van der Waals surface area contributed by atoms with Crippen molar-refractivity contribution in [3.8, 4) is 22.6 Å². The summed E-state index contributed by atoms with van der Waals surface area (Å²) in [6.45, 7) is -0.0422. The highest BCUT2D eigenvalue weighted by molar-refractivity contribution is 5.85. The fraction of sp³-hybridized carbons (Fsp3) is 0.250. The molecule has 0 amide bonds. The second-order valence-corrected chi connectivity index (χ2v) is 4.93. The van der Waals surface area contributed by atoms with Crippen LogP contribution in [0.5, 0.6) is 11.5 Å². The first-order valence-corrected chi connectivity index (χ1v) is 7.00. The highest BCUT2D eigenvalue weighted by atomic mass is 35.5. The first-order valence-electron chi connectivity index (χ1n) is 7.00. The summed E-state index contributed by atoms with van der Waals surface area (Å²) in [5.74, 6) is -0.866. The quantitative estimate of drug-likeness (QED) is 0.715. The number of halogens is 7. The van der Waals surface area contributed by atoms with Crippen LogP contribution in [0, 0.1) is 0 Å². The summed E-state index contributed by atoms with van der Waals surface area (Å²) in [4.78, 5) is 0. The Bertz CT molecular complexity index is 733. The smallest absolute Gasteiger partial charge is 0.488 e. The number of ether oxygens (including phenoxy) is 2. The molecule has 144 valence electrons. The molecule has 10 heteroatoms. The Morgan fingerprint density at radius 1 is 0.846 bits per heavy atom. The molecule has 0 aromatic heterocycles. The van der Waals surface area contributed by atoms with E-state index in [0.29, 0.717) is 0 Å². The van der Waals surface area contributed by atoms with Gasteiger partial charge < -0.3 is 15.2 Å². The van der Waals surface area contributed by atoms with Gasteiger partial charge in [-0.15, -0.1) is 25.6 Å². The average molecular weight is 402 g/mol. The van der Waals surface area contributed by atoms with Gasteiger partial charge in [-0.1, -0.05) is 18.2 Å². The Labute approximate surface area is 151 Å². The van der Waals surface area contributed by atoms with Crippen LogP contribution in [0.1, 0.15) is 5.56 Å². The molecule has 0 saturated carbocycles. The van der Waals surface area contributed by atoms with Crippen LogP contribution in [0.15, 0.2) is 42.5 Å². The molecule has 0 unspecified atom stereocenters. The van der Waals surface area contributed by atoms with Gasteiger partial charge in [0.2, 0.25) is 0 Å². The Hall–Kier alpha value is -2.13. The third-order valence-corrected chi connectivity index (χ3v) is 3.07. The lowest BCUT2D eigenvalue weighted by Crippen LogP contribution is -2.18. The van der Waals surface area contributed by atoms with Crippen LogP contribution in [0.25, 0.3) is 11.1 Å². The molecule has 2 N–H and O–H groups in total. The average Bonchev–Trinajstić information content (AvgIpc) is 2.52. The highest BCUT2D eigenvalue weighted by Crippen LogP contribution is 2.37. The SMILES string of the molecule is Cl.NCCOc1cc(-c2cccc(C(F)(F)F)c2)ccc1OC(F)(F)F. The van der Waals surface area contributed by atoms with Crippen molar-refractivity contribution in [3.05, 3.63) is 48.0 Å². The minimum Gasteiger partial charge on any atom is -0.488 e. The van der Waals surface area contributed by atoms with Gasteiger partial charge >= 0.3 is 12.5 Å². The Morgan fingerprint density at radius 3 is 2.08 bits per heavy atom. The Kier molecular flexibility index (Phi) is 7.16. The standard InChI is InChI=1S/C16H13F6NO2.ClH/c17-15(18,19)12-3-1-2-10(8-12)11-4-5-13(25-16(20,21)22)14(9-11)24-7-6-23;/h1-5,8-9H,6-7,23H2;1H. The van der Waals surface area contributed by atoms with Crippen molar-refractivity contribution in [1.82, 2.24) is 0 Å². The molecule has 0 saturated heterocycles. The zero-order valence-corrected chi connectivity index (χ0v) is 13.8. The maximum atomic E-state index is 12.8. The molecule has 2 rings (SSSR count). The van der Waals surface area contributed by atoms with Gasteiger partial charge in [-0.25, -0.2) is 0 Å². The van der Waals surface area contributed by atoms with E-state index in [1.54, 1.807) is 0 Å². The van der Waals surface area contributed by atoms with Crippen molar-refractivity contribution in [2.45, 2.75) is 12.5 Å². The minimum atomic E-state index is -4.93. The first-order chi connectivity index (χ1) is 11.6. The number of nitrogens with two attached hydrogens (primary N) is 1. The number of rotatable bonds is 5. The molecule has 2 aromatic rings. The molecule has 0 aliphatic rings. The Morgan fingerprint density at radius 2 is 1.50 bits per heavy atom. The fourth-order valence-electron chi connectivity index (χ4n) is 2.05. The minimum absolute atomic E-state index is 0. The van der Waals surface area contributed by atoms with Crippen LogP contribution in [0.3, 0.4) is 0 Å². The fourth-order valence-corrected chi connectivity index (χ4v) is 2.05. The van der Waals surface area contributed by atoms with E-state index in [0.717, 1.165) is 18.2 Å². The summed E-state index contributed by atoms with van der Waals surface area (Å²) in [7, 11) is 0. The van der Waals surface area contributed by atoms with Crippen molar-refractivity contribution in [1.29, 1.82) is 0 Å². The van der Waals surface area contributed by atoms with Gasteiger partial charge in [0.25, 0.3) is 0 Å². The van der Waals surface area contributed by atoms with Crippen molar-refractivity contribution in [2.75, 3.05) is 13.2 Å². The van der Waals surface area contributed by atoms with Crippen molar-refractivity contribution < 1.29 is 35.8 Å². The van der Waals surface area contributed by atoms with E-state index in [1.165, 1.54) is 24.3 Å². The van der Waals surface area contributed by atoms with Crippen molar-refractivity contribution in [2.24, 2.45) is 5.73 Å². The van der Waals surface area contributed by atoms with E-state index in [2.05, 4.69) is 4.74 Å². The number of hydrogen-bond donors (Lipinski definition) is 1. The van der Waals surface area contributed by atoms with E-state index in [4.69, 9.17) is 10.5 Å². The van der Waals surface area contributed by atoms with E-state index >= 15 is 0 Å². The number of alkyl halides is 6. The summed E-state index contributed by atoms with van der Waals surface area (Å²) < 4.78 is 84.6. The van der Waals surface area contributed by atoms with Crippen LogP contribution in [-0.2, 0) is 6.18 Å². The lowest BCUT2D eigenvalue weighted by atomic mass is 10.0. The highest BCUT2D eigenvalue weighted by Gasteiger charge is 2.33. The van der Waals surface area contributed by atoms with Crippen LogP contribution >= 0.6 is 12.4 Å². The van der Waals surface area contributed by atoms with E-state index in [9.17, 15) is 26.3 Å². The van der Waals surface area contributed by atoms with Gasteiger partial charge in [0, 0.05) is 6.54 Å². The van der Waals surface area contributed by atoms with E-state index in [1.807, 2.05) is 0 Å². The lowest BCUT2D eigenvalue weighted by Gasteiger charge is -2.15. The number of benzene rings is 2. The summed E-state index contributed by atoms with van der Waals surface area (Å²) in [6, 6.07) is 7.77. The molecular weight excluding hydrogens is 388 g/mol. The van der Waals surface area contributed by atoms with Crippen LogP contribution in [0.2, 0.25) is 0 Å². The second kappa shape index (κ2) is 8.50. The van der Waals surface area contributed by atoms with E-state index < -0.39 is 23.9 Å². The van der Waals surface area contributed by atoms with Gasteiger partial charge in [0.05, 0.1) is 5.56 Å². The van der Waals surface area contributed by atoms with Gasteiger partial charge in [0.15, 0.2) is 11.5 Å². The normalized spacial score (nSPS) is 11.7.